The van der Waals surface area contributed by atoms with Crippen molar-refractivity contribution >= 4 is 5.78 Å². The summed E-state index contributed by atoms with van der Waals surface area (Å²) in [5.74, 6) is 0.371. The molecule has 21 heavy (non-hydrogen) atoms. The summed E-state index contributed by atoms with van der Waals surface area (Å²) in [5, 5.41) is 0. The van der Waals surface area contributed by atoms with Gasteiger partial charge in [0.15, 0.2) is 17.3 Å². The normalized spacial score (nSPS) is 10.3. The van der Waals surface area contributed by atoms with Crippen LogP contribution in [0, 0.1) is 19.7 Å². The van der Waals surface area contributed by atoms with Gasteiger partial charge in [0.25, 0.3) is 0 Å². The molecule has 2 aromatic rings. The maximum atomic E-state index is 13.4. The zero-order valence-electron chi connectivity index (χ0n) is 12.5. The largest absolute Gasteiger partial charge is 0.493 e. The Balaban J connectivity index is 2.55. The lowest BCUT2D eigenvalue weighted by molar-refractivity contribution is 0.103. The molecule has 110 valence electrons. The molecule has 0 saturated carbocycles. The molecule has 0 aliphatic rings. The Morgan fingerprint density at radius 2 is 1.48 bits per heavy atom. The highest BCUT2D eigenvalue weighted by molar-refractivity contribution is 6.11. The third kappa shape index (κ3) is 2.89. The van der Waals surface area contributed by atoms with Crippen LogP contribution >= 0.6 is 0 Å². The number of rotatable bonds is 4. The lowest BCUT2D eigenvalue weighted by atomic mass is 9.95. The van der Waals surface area contributed by atoms with Crippen LogP contribution in [-0.4, -0.2) is 20.0 Å². The first-order valence-electron chi connectivity index (χ1n) is 6.51. The summed E-state index contributed by atoms with van der Waals surface area (Å²) < 4.78 is 23.8. The van der Waals surface area contributed by atoms with Crippen molar-refractivity contribution in [1.82, 2.24) is 0 Å². The number of hydrogen-bond acceptors (Lipinski definition) is 3. The molecule has 0 spiro atoms. The van der Waals surface area contributed by atoms with Crippen LogP contribution in [-0.2, 0) is 0 Å². The Labute approximate surface area is 123 Å². The van der Waals surface area contributed by atoms with Crippen molar-refractivity contribution in [3.8, 4) is 11.5 Å². The highest BCUT2D eigenvalue weighted by Gasteiger charge is 2.18. The minimum absolute atomic E-state index is 0.231. The van der Waals surface area contributed by atoms with E-state index in [-0.39, 0.29) is 5.78 Å². The van der Waals surface area contributed by atoms with E-state index >= 15 is 0 Å². The average molecular weight is 288 g/mol. The Morgan fingerprint density at radius 3 is 2.10 bits per heavy atom. The van der Waals surface area contributed by atoms with E-state index < -0.39 is 5.82 Å². The van der Waals surface area contributed by atoms with Gasteiger partial charge in [-0.05, 0) is 49.2 Å². The Hall–Kier alpha value is -2.36. The van der Waals surface area contributed by atoms with Crippen molar-refractivity contribution in [3.63, 3.8) is 0 Å². The minimum atomic E-state index is -0.429. The van der Waals surface area contributed by atoms with Crippen LogP contribution in [0.2, 0.25) is 0 Å². The third-order valence-corrected chi connectivity index (χ3v) is 3.42. The topological polar surface area (TPSA) is 35.5 Å². The second-order valence-corrected chi connectivity index (χ2v) is 4.81. The van der Waals surface area contributed by atoms with Crippen molar-refractivity contribution in [1.29, 1.82) is 0 Å². The molecule has 0 amide bonds. The van der Waals surface area contributed by atoms with Gasteiger partial charge in [-0.2, -0.15) is 0 Å². The first kappa shape index (κ1) is 15.0. The summed E-state index contributed by atoms with van der Waals surface area (Å²) in [7, 11) is 3.05. The molecule has 0 aliphatic heterocycles. The second-order valence-electron chi connectivity index (χ2n) is 4.81. The Morgan fingerprint density at radius 1 is 0.905 bits per heavy atom. The molecular weight excluding hydrogens is 271 g/mol. The van der Waals surface area contributed by atoms with Crippen LogP contribution in [0.25, 0.3) is 0 Å². The summed E-state index contributed by atoms with van der Waals surface area (Å²) in [6.07, 6.45) is 0. The molecule has 0 fully saturated rings. The van der Waals surface area contributed by atoms with Crippen molar-refractivity contribution in [2.24, 2.45) is 0 Å². The number of ether oxygens (including phenoxy) is 2. The molecule has 2 aromatic carbocycles. The molecule has 0 saturated heterocycles. The van der Waals surface area contributed by atoms with Gasteiger partial charge in [-0.3, -0.25) is 4.79 Å². The van der Waals surface area contributed by atoms with Crippen LogP contribution in [0.15, 0.2) is 30.3 Å². The monoisotopic (exact) mass is 288 g/mol. The van der Waals surface area contributed by atoms with Gasteiger partial charge in [0.1, 0.15) is 5.82 Å². The van der Waals surface area contributed by atoms with Crippen molar-refractivity contribution in [2.75, 3.05) is 14.2 Å². The third-order valence-electron chi connectivity index (χ3n) is 3.42. The second kappa shape index (κ2) is 5.95. The molecule has 0 bridgehead atoms. The van der Waals surface area contributed by atoms with E-state index in [0.29, 0.717) is 22.6 Å². The minimum Gasteiger partial charge on any atom is -0.493 e. The highest BCUT2D eigenvalue weighted by Crippen LogP contribution is 2.31. The molecule has 0 N–H and O–H groups in total. The summed E-state index contributed by atoms with van der Waals surface area (Å²) in [6, 6.07) is 7.56. The van der Waals surface area contributed by atoms with E-state index in [9.17, 15) is 9.18 Å². The van der Waals surface area contributed by atoms with E-state index in [4.69, 9.17) is 9.47 Å². The lowest BCUT2D eigenvalue weighted by Gasteiger charge is -2.13. The molecule has 4 heteroatoms. The van der Waals surface area contributed by atoms with Gasteiger partial charge in [-0.25, -0.2) is 4.39 Å². The van der Waals surface area contributed by atoms with Gasteiger partial charge in [0.05, 0.1) is 14.2 Å². The summed E-state index contributed by atoms with van der Waals surface area (Å²) in [4.78, 5) is 12.6. The standard InChI is InChI=1S/C17H17FO3/c1-10-5-6-12(18)8-13(10)17(19)14-9-16(21-4)15(20-3)7-11(14)2/h5-9H,1-4H3. The lowest BCUT2D eigenvalue weighted by Crippen LogP contribution is -2.07. The molecule has 0 aromatic heterocycles. The molecule has 0 unspecified atom stereocenters. The number of benzene rings is 2. The number of hydrogen-bond donors (Lipinski definition) is 0. The smallest absolute Gasteiger partial charge is 0.193 e. The van der Waals surface area contributed by atoms with Gasteiger partial charge < -0.3 is 9.47 Å². The van der Waals surface area contributed by atoms with Crippen molar-refractivity contribution < 1.29 is 18.7 Å². The van der Waals surface area contributed by atoms with E-state index in [1.54, 1.807) is 25.1 Å². The molecule has 0 radical (unpaired) electrons. The fourth-order valence-corrected chi connectivity index (χ4v) is 2.21. The van der Waals surface area contributed by atoms with Gasteiger partial charge >= 0.3 is 0 Å². The number of carbonyl (C=O) groups excluding carboxylic acids is 1. The molecule has 0 aliphatic carbocycles. The van der Waals surface area contributed by atoms with E-state index in [1.165, 1.54) is 26.4 Å². The number of aryl methyl sites for hydroxylation is 2. The van der Waals surface area contributed by atoms with Gasteiger partial charge in [0, 0.05) is 11.1 Å². The van der Waals surface area contributed by atoms with Crippen LogP contribution < -0.4 is 9.47 Å². The molecule has 2 rings (SSSR count). The zero-order chi connectivity index (χ0) is 15.6. The SMILES string of the molecule is COc1cc(C)c(C(=O)c2cc(F)ccc2C)cc1OC. The quantitative estimate of drug-likeness (QED) is 0.805. The summed E-state index contributed by atoms with van der Waals surface area (Å²) in [5.41, 5.74) is 2.31. The zero-order valence-corrected chi connectivity index (χ0v) is 12.5. The van der Waals surface area contributed by atoms with E-state index in [0.717, 1.165) is 11.1 Å². The molecule has 0 heterocycles. The number of halogens is 1. The van der Waals surface area contributed by atoms with Crippen LogP contribution in [0.1, 0.15) is 27.0 Å². The number of methoxy groups -OCH3 is 2. The maximum Gasteiger partial charge on any atom is 0.193 e. The Bertz CT molecular complexity index is 693. The van der Waals surface area contributed by atoms with E-state index in [2.05, 4.69) is 0 Å². The molecule has 3 nitrogen and oxygen atoms in total. The number of carbonyl (C=O) groups is 1. The maximum absolute atomic E-state index is 13.4. The number of ketones is 1. The van der Waals surface area contributed by atoms with E-state index in [1.807, 2.05) is 6.92 Å². The first-order chi connectivity index (χ1) is 9.97. The highest BCUT2D eigenvalue weighted by atomic mass is 19.1. The predicted octanol–water partition coefficient (Wildman–Crippen LogP) is 3.69. The van der Waals surface area contributed by atoms with Crippen molar-refractivity contribution in [3.05, 3.63) is 58.4 Å². The van der Waals surface area contributed by atoms with Gasteiger partial charge in [-0.15, -0.1) is 0 Å². The fraction of sp³-hybridized carbons (Fsp3) is 0.235. The fourth-order valence-electron chi connectivity index (χ4n) is 2.21. The van der Waals surface area contributed by atoms with Crippen LogP contribution in [0.4, 0.5) is 4.39 Å². The molecular formula is C17H17FO3. The predicted molar refractivity (Wildman–Crippen MR) is 78.9 cm³/mol. The summed E-state index contributed by atoms with van der Waals surface area (Å²) >= 11 is 0. The van der Waals surface area contributed by atoms with Gasteiger partial charge in [-0.1, -0.05) is 6.07 Å². The van der Waals surface area contributed by atoms with Crippen LogP contribution in [0.3, 0.4) is 0 Å². The van der Waals surface area contributed by atoms with Gasteiger partial charge in [0.2, 0.25) is 0 Å². The molecule has 0 atom stereocenters. The summed E-state index contributed by atoms with van der Waals surface area (Å²) in [6.45, 7) is 3.59. The Kier molecular flexibility index (Phi) is 4.26. The average Bonchev–Trinajstić information content (AvgIpc) is 2.48. The van der Waals surface area contributed by atoms with Crippen molar-refractivity contribution in [2.45, 2.75) is 13.8 Å². The first-order valence-corrected chi connectivity index (χ1v) is 6.51. The van der Waals surface area contributed by atoms with Crippen LogP contribution in [0.5, 0.6) is 11.5 Å².